The first-order valence-corrected chi connectivity index (χ1v) is 6.89. The molecule has 0 fully saturated rings. The van der Waals surface area contributed by atoms with Gasteiger partial charge in [-0.3, -0.25) is 4.98 Å². The van der Waals surface area contributed by atoms with Crippen LogP contribution in [0.15, 0.2) is 47.5 Å². The molecule has 0 aliphatic rings. The Morgan fingerprint density at radius 3 is 2.29 bits per heavy atom. The number of rotatable bonds is 4. The average Bonchev–Trinajstić information content (AvgIpc) is 2.40. The molecule has 2 aromatic rings. The van der Waals surface area contributed by atoms with Crippen LogP contribution in [0.4, 0.5) is 23.2 Å². The van der Waals surface area contributed by atoms with Gasteiger partial charge in [-0.1, -0.05) is 0 Å². The molecule has 1 atom stereocenters. The molecular formula is C14H12F4N2S. The second-order valence-electron chi connectivity index (χ2n) is 4.34. The summed E-state index contributed by atoms with van der Waals surface area (Å²) < 4.78 is 49.4. The van der Waals surface area contributed by atoms with E-state index in [1.54, 1.807) is 18.2 Å². The molecule has 0 radical (unpaired) electrons. The Kier molecular flexibility index (Phi) is 4.72. The fourth-order valence-electron chi connectivity index (χ4n) is 1.72. The predicted molar refractivity (Wildman–Crippen MR) is 74.6 cm³/mol. The molecule has 0 saturated heterocycles. The molecule has 21 heavy (non-hydrogen) atoms. The van der Waals surface area contributed by atoms with E-state index in [-0.39, 0.29) is 22.7 Å². The lowest BCUT2D eigenvalue weighted by Gasteiger charge is -2.15. The summed E-state index contributed by atoms with van der Waals surface area (Å²) in [6, 6.07) is 8.59. The smallest absolute Gasteiger partial charge is 0.377 e. The van der Waals surface area contributed by atoms with Gasteiger partial charge in [0.25, 0.3) is 0 Å². The molecule has 1 aromatic heterocycles. The molecule has 0 aliphatic heterocycles. The summed E-state index contributed by atoms with van der Waals surface area (Å²) in [6.07, 6.45) is 1.12. The highest BCUT2D eigenvalue weighted by atomic mass is 32.2. The number of halogens is 4. The van der Waals surface area contributed by atoms with Gasteiger partial charge in [-0.25, -0.2) is 4.39 Å². The van der Waals surface area contributed by atoms with Crippen molar-refractivity contribution in [1.29, 1.82) is 0 Å². The molecule has 1 unspecified atom stereocenters. The van der Waals surface area contributed by atoms with Crippen molar-refractivity contribution in [3.63, 3.8) is 0 Å². The van der Waals surface area contributed by atoms with E-state index in [0.29, 0.717) is 11.4 Å². The van der Waals surface area contributed by atoms with Gasteiger partial charge in [-0.2, -0.15) is 13.2 Å². The number of hydrogen-bond donors (Lipinski definition) is 1. The monoisotopic (exact) mass is 316 g/mol. The molecule has 0 amide bonds. The highest BCUT2D eigenvalue weighted by Crippen LogP contribution is 2.37. The topological polar surface area (TPSA) is 24.9 Å². The van der Waals surface area contributed by atoms with Gasteiger partial charge in [0.2, 0.25) is 0 Å². The zero-order valence-corrected chi connectivity index (χ0v) is 11.8. The van der Waals surface area contributed by atoms with Gasteiger partial charge in [0.15, 0.2) is 0 Å². The number of nitrogens with zero attached hydrogens (tertiary/aromatic N) is 1. The zero-order chi connectivity index (χ0) is 15.5. The maximum Gasteiger partial charge on any atom is 0.446 e. The number of anilines is 1. The SMILES string of the molecule is CC(Nc1ccc(SC(F)(F)F)cc1)c1ccc(F)cn1. The molecule has 1 N–H and O–H groups in total. The Hall–Kier alpha value is -1.76. The molecule has 0 saturated carbocycles. The molecule has 1 heterocycles. The van der Waals surface area contributed by atoms with Gasteiger partial charge < -0.3 is 5.32 Å². The lowest BCUT2D eigenvalue weighted by atomic mass is 10.2. The van der Waals surface area contributed by atoms with Gasteiger partial charge in [0, 0.05) is 10.6 Å². The van der Waals surface area contributed by atoms with Crippen molar-refractivity contribution < 1.29 is 17.6 Å². The van der Waals surface area contributed by atoms with Crippen LogP contribution in [-0.2, 0) is 0 Å². The number of pyridine rings is 1. The van der Waals surface area contributed by atoms with Crippen LogP contribution in [0.1, 0.15) is 18.7 Å². The molecule has 112 valence electrons. The fraction of sp³-hybridized carbons (Fsp3) is 0.214. The summed E-state index contributed by atoms with van der Waals surface area (Å²) in [4.78, 5) is 4.08. The van der Waals surface area contributed by atoms with Crippen LogP contribution in [0.25, 0.3) is 0 Å². The Morgan fingerprint density at radius 1 is 1.10 bits per heavy atom. The third kappa shape index (κ3) is 4.93. The maximum absolute atomic E-state index is 12.8. The van der Waals surface area contributed by atoms with E-state index in [1.165, 1.54) is 18.2 Å². The second kappa shape index (κ2) is 6.34. The molecule has 2 rings (SSSR count). The molecule has 1 aromatic carbocycles. The van der Waals surface area contributed by atoms with Gasteiger partial charge >= 0.3 is 5.51 Å². The standard InChI is InChI=1S/C14H12F4N2S/c1-9(13-7-2-10(15)8-19-13)20-11-3-5-12(6-4-11)21-14(16,17)18/h2-9,20H,1H3. The molecule has 0 spiro atoms. The van der Waals surface area contributed by atoms with Crippen LogP contribution in [0.2, 0.25) is 0 Å². The third-order valence-corrected chi connectivity index (χ3v) is 3.40. The van der Waals surface area contributed by atoms with Crippen molar-refractivity contribution in [2.45, 2.75) is 23.4 Å². The van der Waals surface area contributed by atoms with E-state index in [4.69, 9.17) is 0 Å². The first-order chi connectivity index (χ1) is 9.83. The first-order valence-electron chi connectivity index (χ1n) is 6.07. The molecule has 0 aliphatic carbocycles. The quantitative estimate of drug-likeness (QED) is 0.634. The molecule has 2 nitrogen and oxygen atoms in total. The number of nitrogens with one attached hydrogen (secondary N) is 1. The number of thioether (sulfide) groups is 1. The second-order valence-corrected chi connectivity index (χ2v) is 5.48. The number of alkyl halides is 3. The zero-order valence-electron chi connectivity index (χ0n) is 11.0. The lowest BCUT2D eigenvalue weighted by molar-refractivity contribution is -0.0328. The summed E-state index contributed by atoms with van der Waals surface area (Å²) in [5.74, 6) is -0.417. The summed E-state index contributed by atoms with van der Waals surface area (Å²) in [7, 11) is 0. The number of hydrogen-bond acceptors (Lipinski definition) is 3. The Morgan fingerprint density at radius 2 is 1.76 bits per heavy atom. The van der Waals surface area contributed by atoms with Crippen LogP contribution in [0, 0.1) is 5.82 Å². The van der Waals surface area contributed by atoms with Crippen LogP contribution >= 0.6 is 11.8 Å². The van der Waals surface area contributed by atoms with Crippen molar-refractivity contribution >= 4 is 17.4 Å². The first kappa shape index (κ1) is 15.6. The van der Waals surface area contributed by atoms with Crippen molar-refractivity contribution in [3.05, 3.63) is 54.1 Å². The van der Waals surface area contributed by atoms with Gasteiger partial charge in [-0.05, 0) is 55.1 Å². The Balaban J connectivity index is 2.01. The normalized spacial score (nSPS) is 13.0. The summed E-state index contributed by atoms with van der Waals surface area (Å²) in [5, 5.41) is 3.09. The average molecular weight is 316 g/mol. The Bertz CT molecular complexity index is 581. The van der Waals surface area contributed by atoms with Gasteiger partial charge in [0.1, 0.15) is 5.82 Å². The van der Waals surface area contributed by atoms with E-state index in [9.17, 15) is 17.6 Å². The van der Waals surface area contributed by atoms with Crippen LogP contribution in [0.3, 0.4) is 0 Å². The minimum atomic E-state index is -4.29. The van der Waals surface area contributed by atoms with E-state index < -0.39 is 11.3 Å². The molecule has 0 bridgehead atoms. The summed E-state index contributed by atoms with van der Waals surface area (Å²) in [6.45, 7) is 1.83. The van der Waals surface area contributed by atoms with E-state index in [2.05, 4.69) is 10.3 Å². The summed E-state index contributed by atoms with van der Waals surface area (Å²) >= 11 is -0.155. The maximum atomic E-state index is 12.8. The van der Waals surface area contributed by atoms with Crippen molar-refractivity contribution in [2.75, 3.05) is 5.32 Å². The third-order valence-electron chi connectivity index (χ3n) is 2.66. The predicted octanol–water partition coefficient (Wildman–Crippen LogP) is 5.01. The largest absolute Gasteiger partial charge is 0.446 e. The van der Waals surface area contributed by atoms with Crippen LogP contribution in [0.5, 0.6) is 0 Å². The van der Waals surface area contributed by atoms with Crippen LogP contribution < -0.4 is 5.32 Å². The lowest BCUT2D eigenvalue weighted by Crippen LogP contribution is -2.08. The minimum Gasteiger partial charge on any atom is -0.377 e. The van der Waals surface area contributed by atoms with Crippen molar-refractivity contribution in [2.24, 2.45) is 0 Å². The summed E-state index contributed by atoms with van der Waals surface area (Å²) in [5.41, 5.74) is -2.98. The van der Waals surface area contributed by atoms with E-state index in [0.717, 1.165) is 6.20 Å². The van der Waals surface area contributed by atoms with Crippen molar-refractivity contribution in [1.82, 2.24) is 4.98 Å². The molecule has 7 heteroatoms. The number of aromatic nitrogens is 1. The molecular weight excluding hydrogens is 304 g/mol. The minimum absolute atomic E-state index is 0.126. The highest BCUT2D eigenvalue weighted by Gasteiger charge is 2.29. The van der Waals surface area contributed by atoms with Crippen LogP contribution in [-0.4, -0.2) is 10.5 Å². The van der Waals surface area contributed by atoms with Gasteiger partial charge in [0.05, 0.1) is 17.9 Å². The van der Waals surface area contributed by atoms with Gasteiger partial charge in [-0.15, -0.1) is 0 Å². The van der Waals surface area contributed by atoms with Crippen molar-refractivity contribution in [3.8, 4) is 0 Å². The van der Waals surface area contributed by atoms with E-state index >= 15 is 0 Å². The fourth-order valence-corrected chi connectivity index (χ4v) is 2.26. The highest BCUT2D eigenvalue weighted by molar-refractivity contribution is 8.00. The van der Waals surface area contributed by atoms with E-state index in [1.807, 2.05) is 6.92 Å². The number of benzene rings is 1. The Labute approximate surface area is 123 Å².